The molecular formula is C14H12F2N2OS. The standard InChI is InChI=1S/C14H12F2N2OS/c15-9-5-10(16)7-11(6-9)18-14(19)8-20-13-4-2-1-3-12(13)17/h1-7H,8,17H2,(H,18,19). The Labute approximate surface area is 119 Å². The minimum atomic E-state index is -0.736. The van der Waals surface area contributed by atoms with E-state index in [0.29, 0.717) is 5.69 Å². The number of anilines is 2. The Hall–Kier alpha value is -2.08. The molecule has 0 saturated heterocycles. The number of carbonyl (C=O) groups excluding carboxylic acids is 1. The Morgan fingerprint density at radius 3 is 2.45 bits per heavy atom. The molecule has 2 aromatic carbocycles. The third-order valence-corrected chi connectivity index (χ3v) is 3.51. The fourth-order valence-electron chi connectivity index (χ4n) is 1.58. The van der Waals surface area contributed by atoms with Gasteiger partial charge in [0.1, 0.15) is 11.6 Å². The van der Waals surface area contributed by atoms with Gasteiger partial charge in [0.15, 0.2) is 0 Å². The largest absolute Gasteiger partial charge is 0.398 e. The number of benzene rings is 2. The van der Waals surface area contributed by atoms with Gasteiger partial charge in [0.2, 0.25) is 5.91 Å². The Bertz CT molecular complexity index is 614. The summed E-state index contributed by atoms with van der Waals surface area (Å²) in [6.07, 6.45) is 0. The molecule has 0 radical (unpaired) electrons. The maximum atomic E-state index is 13.0. The van der Waals surface area contributed by atoms with Crippen molar-refractivity contribution in [3.8, 4) is 0 Å². The van der Waals surface area contributed by atoms with Crippen LogP contribution in [0, 0.1) is 11.6 Å². The fourth-order valence-corrected chi connectivity index (χ4v) is 2.35. The predicted octanol–water partition coefficient (Wildman–Crippen LogP) is 3.28. The first-order valence-electron chi connectivity index (χ1n) is 5.78. The summed E-state index contributed by atoms with van der Waals surface area (Å²) >= 11 is 1.26. The summed E-state index contributed by atoms with van der Waals surface area (Å²) in [7, 11) is 0. The Kier molecular flexibility index (Phi) is 4.57. The van der Waals surface area contributed by atoms with Crippen LogP contribution in [0.3, 0.4) is 0 Å². The number of para-hydroxylation sites is 1. The lowest BCUT2D eigenvalue weighted by Gasteiger charge is -2.07. The molecule has 0 fully saturated rings. The van der Waals surface area contributed by atoms with Gasteiger partial charge in [-0.3, -0.25) is 4.79 Å². The highest BCUT2D eigenvalue weighted by molar-refractivity contribution is 8.00. The van der Waals surface area contributed by atoms with Gasteiger partial charge in [-0.1, -0.05) is 12.1 Å². The van der Waals surface area contributed by atoms with Crippen LogP contribution in [-0.4, -0.2) is 11.7 Å². The van der Waals surface area contributed by atoms with E-state index in [1.165, 1.54) is 11.8 Å². The second-order valence-electron chi connectivity index (χ2n) is 4.03. The molecule has 0 unspecified atom stereocenters. The molecule has 0 saturated carbocycles. The first kappa shape index (κ1) is 14.3. The Morgan fingerprint density at radius 2 is 1.80 bits per heavy atom. The average molecular weight is 294 g/mol. The van der Waals surface area contributed by atoms with E-state index in [4.69, 9.17) is 5.73 Å². The second kappa shape index (κ2) is 6.38. The van der Waals surface area contributed by atoms with Crippen molar-refractivity contribution in [3.05, 3.63) is 54.1 Å². The molecule has 0 aliphatic heterocycles. The van der Waals surface area contributed by atoms with E-state index < -0.39 is 11.6 Å². The van der Waals surface area contributed by atoms with Crippen molar-refractivity contribution < 1.29 is 13.6 Å². The smallest absolute Gasteiger partial charge is 0.234 e. The zero-order valence-electron chi connectivity index (χ0n) is 10.4. The van der Waals surface area contributed by atoms with E-state index in [1.807, 2.05) is 6.07 Å². The predicted molar refractivity (Wildman–Crippen MR) is 76.6 cm³/mol. The van der Waals surface area contributed by atoms with Crippen LogP contribution in [0.1, 0.15) is 0 Å². The molecule has 3 N–H and O–H groups in total. The highest BCUT2D eigenvalue weighted by atomic mass is 32.2. The lowest BCUT2D eigenvalue weighted by Crippen LogP contribution is -2.14. The number of hydrogen-bond acceptors (Lipinski definition) is 3. The molecule has 0 aliphatic rings. The Morgan fingerprint density at radius 1 is 1.15 bits per heavy atom. The van der Waals surface area contributed by atoms with Crippen molar-refractivity contribution in [1.82, 2.24) is 0 Å². The molecule has 2 rings (SSSR count). The lowest BCUT2D eigenvalue weighted by atomic mass is 10.3. The van der Waals surface area contributed by atoms with E-state index in [-0.39, 0.29) is 17.3 Å². The number of nitrogen functional groups attached to an aromatic ring is 1. The molecule has 104 valence electrons. The van der Waals surface area contributed by atoms with Crippen molar-refractivity contribution >= 4 is 29.0 Å². The number of rotatable bonds is 4. The van der Waals surface area contributed by atoms with Crippen LogP contribution in [0.5, 0.6) is 0 Å². The maximum Gasteiger partial charge on any atom is 0.234 e. The first-order chi connectivity index (χ1) is 9.54. The molecule has 0 bridgehead atoms. The molecule has 6 heteroatoms. The van der Waals surface area contributed by atoms with Crippen LogP contribution in [0.15, 0.2) is 47.4 Å². The fraction of sp³-hybridized carbons (Fsp3) is 0.0714. The third kappa shape index (κ3) is 3.96. The van der Waals surface area contributed by atoms with Crippen molar-refractivity contribution in [2.45, 2.75) is 4.90 Å². The number of nitrogens with one attached hydrogen (secondary N) is 1. The van der Waals surface area contributed by atoms with Crippen LogP contribution >= 0.6 is 11.8 Å². The van der Waals surface area contributed by atoms with Crippen molar-refractivity contribution in [2.75, 3.05) is 16.8 Å². The summed E-state index contributed by atoms with van der Waals surface area (Å²) in [6, 6.07) is 10.0. The van der Waals surface area contributed by atoms with Gasteiger partial charge in [0.05, 0.1) is 5.75 Å². The minimum absolute atomic E-state index is 0.0918. The molecular weight excluding hydrogens is 282 g/mol. The summed E-state index contributed by atoms with van der Waals surface area (Å²) in [6.45, 7) is 0. The van der Waals surface area contributed by atoms with E-state index in [0.717, 1.165) is 23.1 Å². The van der Waals surface area contributed by atoms with Gasteiger partial charge < -0.3 is 11.1 Å². The molecule has 0 heterocycles. The monoisotopic (exact) mass is 294 g/mol. The van der Waals surface area contributed by atoms with Gasteiger partial charge in [-0.05, 0) is 24.3 Å². The molecule has 0 spiro atoms. The van der Waals surface area contributed by atoms with E-state index in [1.54, 1.807) is 18.2 Å². The Balaban J connectivity index is 1.94. The summed E-state index contributed by atoms with van der Waals surface area (Å²) in [4.78, 5) is 12.5. The van der Waals surface area contributed by atoms with Crippen LogP contribution < -0.4 is 11.1 Å². The van der Waals surface area contributed by atoms with E-state index >= 15 is 0 Å². The van der Waals surface area contributed by atoms with E-state index in [2.05, 4.69) is 5.32 Å². The van der Waals surface area contributed by atoms with Crippen LogP contribution in [0.2, 0.25) is 0 Å². The first-order valence-corrected chi connectivity index (χ1v) is 6.76. The van der Waals surface area contributed by atoms with Crippen LogP contribution in [-0.2, 0) is 4.79 Å². The number of amides is 1. The van der Waals surface area contributed by atoms with Crippen molar-refractivity contribution in [3.63, 3.8) is 0 Å². The van der Waals surface area contributed by atoms with E-state index in [9.17, 15) is 13.6 Å². The van der Waals surface area contributed by atoms with Crippen molar-refractivity contribution in [2.24, 2.45) is 0 Å². The molecule has 0 aromatic heterocycles. The summed E-state index contributed by atoms with van der Waals surface area (Å²) in [5.41, 5.74) is 6.42. The quantitative estimate of drug-likeness (QED) is 0.672. The minimum Gasteiger partial charge on any atom is -0.398 e. The van der Waals surface area contributed by atoms with Crippen molar-refractivity contribution in [1.29, 1.82) is 0 Å². The number of nitrogens with two attached hydrogens (primary N) is 1. The second-order valence-corrected chi connectivity index (χ2v) is 5.05. The van der Waals surface area contributed by atoms with Gasteiger partial charge in [0.25, 0.3) is 0 Å². The van der Waals surface area contributed by atoms with Gasteiger partial charge in [0, 0.05) is 22.3 Å². The number of halogens is 2. The number of hydrogen-bond donors (Lipinski definition) is 2. The molecule has 1 amide bonds. The van der Waals surface area contributed by atoms with Gasteiger partial charge in [-0.25, -0.2) is 8.78 Å². The zero-order valence-corrected chi connectivity index (χ0v) is 11.2. The highest BCUT2D eigenvalue weighted by Gasteiger charge is 2.07. The number of thioether (sulfide) groups is 1. The van der Waals surface area contributed by atoms with Gasteiger partial charge >= 0.3 is 0 Å². The molecule has 0 atom stereocenters. The maximum absolute atomic E-state index is 13.0. The van der Waals surface area contributed by atoms with Crippen LogP contribution in [0.4, 0.5) is 20.2 Å². The lowest BCUT2D eigenvalue weighted by molar-refractivity contribution is -0.113. The topological polar surface area (TPSA) is 55.1 Å². The molecule has 2 aromatic rings. The third-order valence-electron chi connectivity index (χ3n) is 2.42. The van der Waals surface area contributed by atoms with Gasteiger partial charge in [-0.15, -0.1) is 11.8 Å². The number of carbonyl (C=O) groups is 1. The summed E-state index contributed by atoms with van der Waals surface area (Å²) in [5.74, 6) is -1.73. The summed E-state index contributed by atoms with van der Waals surface area (Å²) < 4.78 is 25.9. The summed E-state index contributed by atoms with van der Waals surface area (Å²) in [5, 5.41) is 2.43. The zero-order chi connectivity index (χ0) is 14.5. The van der Waals surface area contributed by atoms with Crippen LogP contribution in [0.25, 0.3) is 0 Å². The molecule has 0 aliphatic carbocycles. The average Bonchev–Trinajstić information content (AvgIpc) is 2.36. The SMILES string of the molecule is Nc1ccccc1SCC(=O)Nc1cc(F)cc(F)c1. The normalized spacial score (nSPS) is 10.3. The molecule has 20 heavy (non-hydrogen) atoms. The van der Waals surface area contributed by atoms with Gasteiger partial charge in [-0.2, -0.15) is 0 Å². The highest BCUT2D eigenvalue weighted by Crippen LogP contribution is 2.24. The molecule has 3 nitrogen and oxygen atoms in total.